The highest BCUT2D eigenvalue weighted by Gasteiger charge is 2.23. The number of anilines is 1. The van der Waals surface area contributed by atoms with Gasteiger partial charge in [0, 0.05) is 16.5 Å². The van der Waals surface area contributed by atoms with E-state index in [1.165, 1.54) is 29.5 Å². The van der Waals surface area contributed by atoms with Gasteiger partial charge < -0.3 is 14.8 Å². The third-order valence-corrected chi connectivity index (χ3v) is 6.79. The summed E-state index contributed by atoms with van der Waals surface area (Å²) in [6, 6.07) is 11.7. The summed E-state index contributed by atoms with van der Waals surface area (Å²) in [7, 11) is 0. The number of carboxylic acid groups (broad SMARTS) is 1. The zero-order chi connectivity index (χ0) is 23.5. The van der Waals surface area contributed by atoms with Crippen LogP contribution in [0, 0.1) is 22.7 Å². The fourth-order valence-electron chi connectivity index (χ4n) is 3.66. The van der Waals surface area contributed by atoms with Crippen LogP contribution in [0.3, 0.4) is 0 Å². The number of carboxylic acids is 1. The Bertz CT molecular complexity index is 1390. The maximum Gasteiger partial charge on any atom is 0.337 e. The minimum atomic E-state index is -1.13. The smallest absolute Gasteiger partial charge is 0.337 e. The summed E-state index contributed by atoms with van der Waals surface area (Å²) in [6.07, 6.45) is 5.09. The molecule has 9 heteroatoms. The van der Waals surface area contributed by atoms with E-state index < -0.39 is 11.9 Å². The first-order valence-electron chi connectivity index (χ1n) is 10.0. The van der Waals surface area contributed by atoms with Crippen molar-refractivity contribution < 1.29 is 19.1 Å². The van der Waals surface area contributed by atoms with Gasteiger partial charge in [-0.15, -0.1) is 11.3 Å². The molecule has 2 N–H and O–H groups in total. The number of nitrogens with one attached hydrogen (secondary N) is 1. The maximum atomic E-state index is 12.7. The number of carbonyl (C=O) groups is 2. The molecule has 7 nitrogen and oxygen atoms in total. The molecule has 2 heterocycles. The van der Waals surface area contributed by atoms with Gasteiger partial charge in [0.15, 0.2) is 0 Å². The highest BCUT2D eigenvalue weighted by atomic mass is 35.5. The lowest BCUT2D eigenvalue weighted by Crippen LogP contribution is -2.13. The molecule has 0 saturated carbocycles. The van der Waals surface area contributed by atoms with Crippen molar-refractivity contribution in [2.45, 2.75) is 25.7 Å². The van der Waals surface area contributed by atoms with Crippen LogP contribution in [-0.2, 0) is 17.6 Å². The van der Waals surface area contributed by atoms with E-state index in [1.807, 2.05) is 6.07 Å². The molecule has 164 valence electrons. The normalized spacial score (nSPS) is 13.0. The van der Waals surface area contributed by atoms with Gasteiger partial charge in [0.25, 0.3) is 5.91 Å². The van der Waals surface area contributed by atoms with Crippen LogP contribution in [0.4, 0.5) is 5.00 Å². The fourth-order valence-corrected chi connectivity index (χ4v) is 5.16. The number of rotatable bonds is 5. The molecule has 0 saturated heterocycles. The number of nitrogens with zero attached hydrogens (tertiary/aromatic N) is 2. The summed E-state index contributed by atoms with van der Waals surface area (Å²) in [5, 5.41) is 31.4. The number of amides is 1. The second-order valence-electron chi connectivity index (χ2n) is 7.35. The second-order valence-corrected chi connectivity index (χ2v) is 8.86. The van der Waals surface area contributed by atoms with Gasteiger partial charge in [-0.1, -0.05) is 17.7 Å². The predicted molar refractivity (Wildman–Crippen MR) is 124 cm³/mol. The predicted octanol–water partition coefficient (Wildman–Crippen LogP) is 5.66. The average Bonchev–Trinajstić information content (AvgIpc) is 3.41. The van der Waals surface area contributed by atoms with E-state index in [9.17, 15) is 20.1 Å². The molecule has 33 heavy (non-hydrogen) atoms. The molecule has 3 aromatic rings. The van der Waals surface area contributed by atoms with Crippen molar-refractivity contribution in [2.75, 3.05) is 5.32 Å². The van der Waals surface area contributed by atoms with Crippen molar-refractivity contribution in [2.24, 2.45) is 0 Å². The van der Waals surface area contributed by atoms with E-state index in [2.05, 4.69) is 11.4 Å². The zero-order valence-corrected chi connectivity index (χ0v) is 18.7. The number of thiophene rings is 1. The first-order valence-corrected chi connectivity index (χ1v) is 11.2. The van der Waals surface area contributed by atoms with Gasteiger partial charge in [0.2, 0.25) is 0 Å². The number of aryl methyl sites for hydroxylation is 1. The topological polar surface area (TPSA) is 127 Å². The van der Waals surface area contributed by atoms with Crippen LogP contribution < -0.4 is 5.32 Å². The van der Waals surface area contributed by atoms with E-state index in [4.69, 9.17) is 21.1 Å². The lowest BCUT2D eigenvalue weighted by Gasteiger charge is -2.09. The van der Waals surface area contributed by atoms with Crippen molar-refractivity contribution >= 4 is 45.9 Å². The van der Waals surface area contributed by atoms with Gasteiger partial charge in [0.05, 0.1) is 16.1 Å². The van der Waals surface area contributed by atoms with Gasteiger partial charge in [-0.25, -0.2) is 4.79 Å². The van der Waals surface area contributed by atoms with Gasteiger partial charge in [-0.3, -0.25) is 4.79 Å². The molecule has 1 amide bonds. The monoisotopic (exact) mass is 477 g/mol. The van der Waals surface area contributed by atoms with E-state index in [0.717, 1.165) is 36.1 Å². The van der Waals surface area contributed by atoms with Crippen LogP contribution in [0.1, 0.15) is 45.0 Å². The maximum absolute atomic E-state index is 12.7. The van der Waals surface area contributed by atoms with Crippen LogP contribution in [0.5, 0.6) is 0 Å². The molecule has 2 aromatic heterocycles. The molecule has 0 bridgehead atoms. The number of furan rings is 1. The summed E-state index contributed by atoms with van der Waals surface area (Å²) in [5.74, 6) is -1.10. The average molecular weight is 478 g/mol. The Morgan fingerprint density at radius 2 is 1.97 bits per heavy atom. The molecular weight excluding hydrogens is 462 g/mol. The minimum Gasteiger partial charge on any atom is -0.478 e. The first kappa shape index (κ1) is 22.3. The molecule has 0 aliphatic heterocycles. The van der Waals surface area contributed by atoms with Gasteiger partial charge in [-0.2, -0.15) is 10.5 Å². The van der Waals surface area contributed by atoms with Crippen LogP contribution in [0.2, 0.25) is 5.02 Å². The molecule has 0 fully saturated rings. The lowest BCUT2D eigenvalue weighted by atomic mass is 9.96. The number of nitriles is 2. The third kappa shape index (κ3) is 4.54. The number of hydrogen-bond donors (Lipinski definition) is 2. The largest absolute Gasteiger partial charge is 0.478 e. The quantitative estimate of drug-likeness (QED) is 0.360. The number of aromatic carboxylic acids is 1. The highest BCUT2D eigenvalue weighted by molar-refractivity contribution is 7.16. The molecule has 1 aliphatic carbocycles. The summed E-state index contributed by atoms with van der Waals surface area (Å²) < 4.78 is 5.71. The van der Waals surface area contributed by atoms with Gasteiger partial charge in [0.1, 0.15) is 34.2 Å². The van der Waals surface area contributed by atoms with E-state index in [0.29, 0.717) is 21.9 Å². The molecule has 0 spiro atoms. The molecular formula is C24H16ClN3O4S. The fraction of sp³-hybridized carbons (Fsp3) is 0.167. The number of halogens is 1. The summed E-state index contributed by atoms with van der Waals surface area (Å²) in [6.45, 7) is 0. The minimum absolute atomic E-state index is 0.0254. The Morgan fingerprint density at radius 3 is 2.67 bits per heavy atom. The summed E-state index contributed by atoms with van der Waals surface area (Å²) >= 11 is 7.40. The van der Waals surface area contributed by atoms with Crippen molar-refractivity contribution in [3.63, 3.8) is 0 Å². The number of fused-ring (bicyclic) bond motifs is 1. The standard InChI is InChI=1S/C24H16ClN3O4S/c25-19-10-13(5-7-17(19)24(30)31)20-8-6-15(32-20)9-14(11-26)22(29)28-23-18(12-27)16-3-1-2-4-21(16)33-23/h5-10H,1-4H2,(H,28,29)(H,30,31)/b14-9+. The Hall–Kier alpha value is -3.85. The van der Waals surface area contributed by atoms with Crippen LogP contribution in [0.25, 0.3) is 17.4 Å². The second kappa shape index (κ2) is 9.33. The van der Waals surface area contributed by atoms with Crippen LogP contribution >= 0.6 is 22.9 Å². The van der Waals surface area contributed by atoms with Crippen molar-refractivity contribution in [3.8, 4) is 23.5 Å². The Morgan fingerprint density at radius 1 is 1.18 bits per heavy atom. The summed E-state index contributed by atoms with van der Waals surface area (Å²) in [4.78, 5) is 25.0. The molecule has 0 unspecified atom stereocenters. The number of benzene rings is 1. The molecule has 1 aliphatic rings. The summed E-state index contributed by atoms with van der Waals surface area (Å²) in [5.41, 5.74) is 1.82. The van der Waals surface area contributed by atoms with E-state index >= 15 is 0 Å². The van der Waals surface area contributed by atoms with E-state index in [1.54, 1.807) is 18.2 Å². The Labute approximate surface area is 198 Å². The highest BCUT2D eigenvalue weighted by Crippen LogP contribution is 2.38. The lowest BCUT2D eigenvalue weighted by molar-refractivity contribution is -0.112. The molecule has 0 atom stereocenters. The van der Waals surface area contributed by atoms with Crippen molar-refractivity contribution in [1.82, 2.24) is 0 Å². The number of carbonyl (C=O) groups excluding carboxylic acids is 1. The Balaban J connectivity index is 1.56. The molecule has 4 rings (SSSR count). The van der Waals surface area contributed by atoms with Crippen molar-refractivity contribution in [3.05, 3.63) is 68.3 Å². The van der Waals surface area contributed by atoms with E-state index in [-0.39, 0.29) is 21.9 Å². The molecule has 0 radical (unpaired) electrons. The third-order valence-electron chi connectivity index (χ3n) is 5.27. The van der Waals surface area contributed by atoms with Gasteiger partial charge in [-0.05, 0) is 55.5 Å². The SMILES string of the molecule is N#C/C(=C\c1ccc(-c2ccc(C(=O)O)c(Cl)c2)o1)C(=O)Nc1sc2c(c1C#N)CCCC2. The first-order chi connectivity index (χ1) is 15.9. The molecule has 1 aromatic carbocycles. The van der Waals surface area contributed by atoms with Crippen LogP contribution in [-0.4, -0.2) is 17.0 Å². The zero-order valence-electron chi connectivity index (χ0n) is 17.1. The van der Waals surface area contributed by atoms with Gasteiger partial charge >= 0.3 is 5.97 Å². The Kier molecular flexibility index (Phi) is 6.32. The van der Waals surface area contributed by atoms with Crippen molar-refractivity contribution in [1.29, 1.82) is 10.5 Å². The number of hydrogen-bond acceptors (Lipinski definition) is 6. The van der Waals surface area contributed by atoms with Crippen LogP contribution in [0.15, 0.2) is 40.3 Å².